The van der Waals surface area contributed by atoms with Gasteiger partial charge in [-0.2, -0.15) is 0 Å². The van der Waals surface area contributed by atoms with Gasteiger partial charge >= 0.3 is 5.63 Å². The number of aromatic hydroxyl groups is 1. The minimum absolute atomic E-state index is 0.0376. The van der Waals surface area contributed by atoms with Crippen LogP contribution in [0.5, 0.6) is 5.75 Å². The maximum Gasteiger partial charge on any atom is 0.336 e. The first kappa shape index (κ1) is 21.0. The largest absolute Gasteiger partial charge is 0.508 e. The van der Waals surface area contributed by atoms with Crippen LogP contribution in [0.25, 0.3) is 11.0 Å². The van der Waals surface area contributed by atoms with Gasteiger partial charge in [0.2, 0.25) is 10.0 Å². The topological polar surface area (TPSA) is 127 Å². The van der Waals surface area contributed by atoms with Crippen molar-refractivity contribution >= 4 is 32.6 Å². The van der Waals surface area contributed by atoms with Crippen LogP contribution < -0.4 is 10.3 Å². The molecule has 0 aliphatic carbocycles. The quantitative estimate of drug-likeness (QED) is 0.419. The van der Waals surface area contributed by atoms with Crippen LogP contribution in [0.2, 0.25) is 5.02 Å². The Bertz CT molecular complexity index is 1450. The highest BCUT2D eigenvalue weighted by Crippen LogP contribution is 2.23. The molecule has 160 valence electrons. The molecule has 0 saturated carbocycles. The Morgan fingerprint density at radius 1 is 1.19 bits per heavy atom. The molecule has 0 radical (unpaired) electrons. The van der Waals surface area contributed by atoms with Gasteiger partial charge in [0.05, 0.1) is 30.0 Å². The molecule has 0 aliphatic rings. The van der Waals surface area contributed by atoms with Gasteiger partial charge in [-0.1, -0.05) is 16.8 Å². The van der Waals surface area contributed by atoms with Crippen molar-refractivity contribution in [1.29, 1.82) is 0 Å². The minimum atomic E-state index is -4.00. The number of aromatic nitrogens is 3. The number of sulfonamides is 1. The molecule has 2 aromatic carbocycles. The summed E-state index contributed by atoms with van der Waals surface area (Å²) in [4.78, 5) is 11.5. The van der Waals surface area contributed by atoms with Crippen molar-refractivity contribution < 1.29 is 22.3 Å². The number of rotatable bonds is 6. The fourth-order valence-electron chi connectivity index (χ4n) is 2.96. The second-order valence-corrected chi connectivity index (χ2v) is 8.72. The van der Waals surface area contributed by atoms with Crippen LogP contribution in [0, 0.1) is 5.82 Å². The molecule has 12 heteroatoms. The number of fused-ring (bicyclic) bond motifs is 1. The van der Waals surface area contributed by atoms with E-state index in [1.54, 1.807) is 6.07 Å². The zero-order chi connectivity index (χ0) is 22.2. The summed E-state index contributed by atoms with van der Waals surface area (Å²) in [7, 11) is -4.00. The van der Waals surface area contributed by atoms with Crippen LogP contribution in [0.1, 0.15) is 11.3 Å². The van der Waals surface area contributed by atoms with Crippen molar-refractivity contribution in [1.82, 2.24) is 19.7 Å². The summed E-state index contributed by atoms with van der Waals surface area (Å²) in [5.74, 6) is -0.686. The standard InChI is InChI=1S/C19H14ClFN4O5S/c20-16-6-12(21)1-4-18(16)31(28,29)22-8-13-10-25(24-23-13)9-11-5-19(27)30-17-7-14(26)2-3-15(11)17/h1-7,10,22,26H,8-9H2. The Morgan fingerprint density at radius 3 is 2.77 bits per heavy atom. The third-order valence-electron chi connectivity index (χ3n) is 4.36. The first-order valence-corrected chi connectivity index (χ1v) is 10.7. The van der Waals surface area contributed by atoms with Crippen LogP contribution in [0.4, 0.5) is 4.39 Å². The Labute approximate surface area is 179 Å². The van der Waals surface area contributed by atoms with Gasteiger partial charge in [0, 0.05) is 17.5 Å². The zero-order valence-corrected chi connectivity index (χ0v) is 17.2. The molecule has 0 unspecified atom stereocenters. The van der Waals surface area contributed by atoms with Gasteiger partial charge in [0.25, 0.3) is 0 Å². The molecular weight excluding hydrogens is 451 g/mol. The van der Waals surface area contributed by atoms with Gasteiger partial charge in [-0.3, -0.25) is 0 Å². The minimum Gasteiger partial charge on any atom is -0.508 e. The second kappa shape index (κ2) is 8.10. The van der Waals surface area contributed by atoms with Gasteiger partial charge in [-0.25, -0.2) is 27.0 Å². The van der Waals surface area contributed by atoms with Crippen molar-refractivity contribution in [2.75, 3.05) is 0 Å². The van der Waals surface area contributed by atoms with Crippen molar-refractivity contribution in [3.05, 3.63) is 81.2 Å². The summed E-state index contributed by atoms with van der Waals surface area (Å²) < 4.78 is 46.8. The van der Waals surface area contributed by atoms with Gasteiger partial charge in [0.1, 0.15) is 22.0 Å². The van der Waals surface area contributed by atoms with Gasteiger partial charge in [-0.05, 0) is 35.9 Å². The number of phenolic OH excluding ortho intramolecular Hbond substituents is 1. The summed E-state index contributed by atoms with van der Waals surface area (Å²) in [6.45, 7) is -0.0159. The van der Waals surface area contributed by atoms with Crippen LogP contribution in [-0.2, 0) is 23.1 Å². The van der Waals surface area contributed by atoms with Crippen LogP contribution in [0.3, 0.4) is 0 Å². The third kappa shape index (κ3) is 4.58. The Balaban J connectivity index is 1.52. The maximum atomic E-state index is 13.2. The summed E-state index contributed by atoms with van der Waals surface area (Å²) >= 11 is 5.82. The first-order chi connectivity index (χ1) is 14.7. The lowest BCUT2D eigenvalue weighted by atomic mass is 10.1. The molecule has 0 fully saturated rings. The molecule has 4 aromatic rings. The van der Waals surface area contributed by atoms with Crippen LogP contribution >= 0.6 is 11.6 Å². The maximum absolute atomic E-state index is 13.2. The number of phenols is 1. The molecule has 9 nitrogen and oxygen atoms in total. The molecular formula is C19H14ClFN4O5S. The highest BCUT2D eigenvalue weighted by Gasteiger charge is 2.19. The molecule has 31 heavy (non-hydrogen) atoms. The Kier molecular flexibility index (Phi) is 5.48. The van der Waals surface area contributed by atoms with Crippen LogP contribution in [0.15, 0.2) is 62.8 Å². The molecule has 0 amide bonds. The lowest BCUT2D eigenvalue weighted by Gasteiger charge is -2.07. The number of benzene rings is 2. The second-order valence-electron chi connectivity index (χ2n) is 6.58. The molecule has 4 rings (SSSR count). The molecule has 2 N–H and O–H groups in total. The van der Waals surface area contributed by atoms with Crippen LogP contribution in [-0.4, -0.2) is 28.5 Å². The number of hydrogen-bond donors (Lipinski definition) is 2. The average molecular weight is 465 g/mol. The fraction of sp³-hybridized carbons (Fsp3) is 0.105. The van der Waals surface area contributed by atoms with Crippen molar-refractivity contribution in [2.45, 2.75) is 18.0 Å². The fourth-order valence-corrected chi connectivity index (χ4v) is 4.49. The smallest absolute Gasteiger partial charge is 0.336 e. The molecule has 0 saturated heterocycles. The van der Waals surface area contributed by atoms with Crippen molar-refractivity contribution in [3.8, 4) is 5.75 Å². The van der Waals surface area contributed by atoms with E-state index in [0.29, 0.717) is 16.6 Å². The molecule has 0 aliphatic heterocycles. The summed E-state index contributed by atoms with van der Waals surface area (Å²) in [5, 5.41) is 17.8. The molecule has 0 atom stereocenters. The highest BCUT2D eigenvalue weighted by molar-refractivity contribution is 7.89. The van der Waals surface area contributed by atoms with E-state index in [-0.39, 0.29) is 34.3 Å². The van der Waals surface area contributed by atoms with E-state index >= 15 is 0 Å². The van der Waals surface area contributed by atoms with E-state index in [4.69, 9.17) is 16.0 Å². The Hall–Kier alpha value is -3.28. The van der Waals surface area contributed by atoms with E-state index in [1.807, 2.05) is 0 Å². The third-order valence-corrected chi connectivity index (χ3v) is 6.24. The predicted octanol–water partition coefficient (Wildman–Crippen LogP) is 2.41. The van der Waals surface area contributed by atoms with Gasteiger partial charge in [-0.15, -0.1) is 5.10 Å². The van der Waals surface area contributed by atoms with E-state index in [1.165, 1.54) is 29.1 Å². The monoisotopic (exact) mass is 464 g/mol. The normalized spacial score (nSPS) is 11.8. The molecule has 2 heterocycles. The SMILES string of the molecule is O=c1cc(Cn2cc(CNS(=O)(=O)c3ccc(F)cc3Cl)nn2)c2ccc(O)cc2o1. The summed E-state index contributed by atoms with van der Waals surface area (Å²) in [6, 6.07) is 8.70. The van der Waals surface area contributed by atoms with E-state index < -0.39 is 21.5 Å². The Morgan fingerprint density at radius 2 is 2.00 bits per heavy atom. The summed E-state index contributed by atoms with van der Waals surface area (Å²) in [6.07, 6.45) is 1.51. The molecule has 0 bridgehead atoms. The number of nitrogens with zero attached hydrogens (tertiary/aromatic N) is 3. The van der Waals surface area contributed by atoms with Crippen molar-refractivity contribution in [3.63, 3.8) is 0 Å². The molecule has 0 spiro atoms. The van der Waals surface area contributed by atoms with Gasteiger partial charge < -0.3 is 9.52 Å². The predicted molar refractivity (Wildman–Crippen MR) is 109 cm³/mol. The van der Waals surface area contributed by atoms with Crippen molar-refractivity contribution in [2.24, 2.45) is 0 Å². The number of hydrogen-bond acceptors (Lipinski definition) is 7. The zero-order valence-electron chi connectivity index (χ0n) is 15.6. The average Bonchev–Trinajstić information content (AvgIpc) is 3.13. The lowest BCUT2D eigenvalue weighted by molar-refractivity contribution is 0.473. The highest BCUT2D eigenvalue weighted by atomic mass is 35.5. The van der Waals surface area contributed by atoms with E-state index in [2.05, 4.69) is 15.0 Å². The molecule has 2 aromatic heterocycles. The van der Waals surface area contributed by atoms with E-state index in [9.17, 15) is 22.7 Å². The van der Waals surface area contributed by atoms with Gasteiger partial charge in [0.15, 0.2) is 0 Å². The summed E-state index contributed by atoms with van der Waals surface area (Å²) in [5.41, 5.74) is 0.539. The lowest BCUT2D eigenvalue weighted by Crippen LogP contribution is -2.23. The number of nitrogens with one attached hydrogen (secondary N) is 1. The number of halogens is 2. The first-order valence-electron chi connectivity index (χ1n) is 8.81. The van der Waals surface area contributed by atoms with E-state index in [0.717, 1.165) is 18.2 Å².